The van der Waals surface area contributed by atoms with Crippen molar-refractivity contribution >= 4 is 56.5 Å². The lowest BCUT2D eigenvalue weighted by Gasteiger charge is -2.37. The van der Waals surface area contributed by atoms with E-state index in [2.05, 4.69) is 46.8 Å². The molecule has 0 bridgehead atoms. The molecular formula is C46H62ClN5O8S. The number of aliphatic carboxylic acids is 1. The molecule has 2 aliphatic heterocycles. The number of Topliss-reactive ketones (excluding diaryl/α,β-unsaturated/α-hetero) is 1. The van der Waals surface area contributed by atoms with Crippen molar-refractivity contribution in [1.29, 1.82) is 0 Å². The predicted octanol–water partition coefficient (Wildman–Crippen LogP) is 7.42. The van der Waals surface area contributed by atoms with E-state index >= 15 is 0 Å². The molecule has 3 aliphatic rings. The van der Waals surface area contributed by atoms with E-state index in [0.29, 0.717) is 12.1 Å². The molecule has 1 unspecified atom stereocenters. The summed E-state index contributed by atoms with van der Waals surface area (Å²) in [5, 5.41) is 40.3. The number of rotatable bonds is 17. The van der Waals surface area contributed by atoms with Gasteiger partial charge in [0, 0.05) is 43.3 Å². The number of aliphatic hydroxyl groups excluding tert-OH is 2. The topological polar surface area (TPSA) is 212 Å². The van der Waals surface area contributed by atoms with E-state index in [-0.39, 0.29) is 58.0 Å². The summed E-state index contributed by atoms with van der Waals surface area (Å²) in [7, 11) is -4.02. The number of ketones is 1. The Hall–Kier alpha value is -4.60. The SMILES string of the molecule is CCCCC[C@H](O)/C=C/[C@H]1[C@H](O)CC(=O)[C@@H]1CCCCCCC(=O)O.Cc1ccccc1N1C(=O)c2cc(S(N)(=O)=O)c(Cl)cc2NC1C.c1ccc(CC2=NCCN2)cc1. The molecule has 3 aromatic carbocycles. The Morgan fingerprint density at radius 2 is 1.74 bits per heavy atom. The van der Waals surface area contributed by atoms with Crippen LogP contribution in [0.4, 0.5) is 11.4 Å². The molecule has 0 saturated heterocycles. The average molecular weight is 881 g/mol. The lowest BCUT2D eigenvalue weighted by Crippen LogP contribution is -2.47. The van der Waals surface area contributed by atoms with Gasteiger partial charge < -0.3 is 26.0 Å². The van der Waals surface area contributed by atoms with Crippen molar-refractivity contribution in [3.05, 3.63) is 101 Å². The lowest BCUT2D eigenvalue weighted by molar-refractivity contribution is -0.137. The number of para-hydroxylation sites is 1. The number of carbonyl (C=O) groups excluding carboxylic acids is 2. The number of fused-ring (bicyclic) bond motifs is 1. The highest BCUT2D eigenvalue weighted by Crippen LogP contribution is 2.36. The standard InChI is InChI=1S/C20H34O5.C16H16ClN3O3S.C10H12N2/c1-2-3-6-9-15(21)12-13-17-16(18(22)14-19(17)23)10-7-4-5-8-11-20(24)25;1-9-5-3-4-6-14(9)20-10(2)19-13-8-12(17)15(24(18,22)23)7-11(13)16(20)21;1-2-4-9(5-3-1)8-10-11-6-7-12-10/h12-13,15-17,19,21,23H,2-11,14H2,1H3,(H,24,25);3-8,10,19H,1-2H3,(H2,18,22,23);1-5H,6-8H2,(H,11,12)/b13-12+;;/t15-,16+,17+,19+;;/m0../s1. The Morgan fingerprint density at radius 3 is 2.39 bits per heavy atom. The number of carboxylic acids is 1. The third kappa shape index (κ3) is 15.1. The first-order chi connectivity index (χ1) is 29.1. The number of aryl methyl sites for hydroxylation is 1. The number of nitrogens with zero attached hydrogens (tertiary/aromatic N) is 2. The molecule has 3 aromatic rings. The highest BCUT2D eigenvalue weighted by Gasteiger charge is 2.39. The van der Waals surface area contributed by atoms with E-state index in [0.717, 1.165) is 88.0 Å². The Labute approximate surface area is 365 Å². The minimum Gasteiger partial charge on any atom is -0.481 e. The Kier molecular flexibility index (Phi) is 19.4. The fraction of sp³-hybridized carbons (Fsp3) is 0.478. The Bertz CT molecular complexity index is 2100. The number of amidine groups is 1. The van der Waals surface area contributed by atoms with Crippen LogP contribution in [0.1, 0.15) is 106 Å². The number of carboxylic acid groups (broad SMARTS) is 1. The molecule has 61 heavy (non-hydrogen) atoms. The zero-order valence-electron chi connectivity index (χ0n) is 35.4. The van der Waals surface area contributed by atoms with Crippen molar-refractivity contribution in [2.75, 3.05) is 23.3 Å². The fourth-order valence-corrected chi connectivity index (χ4v) is 8.81. The van der Waals surface area contributed by atoms with E-state index in [1.54, 1.807) is 11.0 Å². The number of nitrogens with one attached hydrogen (secondary N) is 2. The maximum Gasteiger partial charge on any atom is 0.303 e. The van der Waals surface area contributed by atoms with Crippen LogP contribution < -0.4 is 20.7 Å². The third-order valence-corrected chi connectivity index (χ3v) is 12.3. The number of halogens is 1. The van der Waals surface area contributed by atoms with Crippen LogP contribution in [0.2, 0.25) is 5.02 Å². The summed E-state index contributed by atoms with van der Waals surface area (Å²) < 4.78 is 23.3. The summed E-state index contributed by atoms with van der Waals surface area (Å²) in [6.45, 7) is 7.80. The quantitative estimate of drug-likeness (QED) is 0.0584. The fourth-order valence-electron chi connectivity index (χ4n) is 7.71. The number of carbonyl (C=O) groups is 3. The summed E-state index contributed by atoms with van der Waals surface area (Å²) in [5.41, 5.74) is 3.70. The highest BCUT2D eigenvalue weighted by atomic mass is 35.5. The molecule has 1 fully saturated rings. The highest BCUT2D eigenvalue weighted by molar-refractivity contribution is 7.89. The van der Waals surface area contributed by atoms with Gasteiger partial charge in [0.25, 0.3) is 5.91 Å². The number of hydrogen-bond donors (Lipinski definition) is 6. The second-order valence-corrected chi connectivity index (χ2v) is 17.7. The number of unbranched alkanes of at least 4 members (excludes halogenated alkanes) is 5. The number of hydrogen-bond acceptors (Lipinski definition) is 10. The van der Waals surface area contributed by atoms with E-state index in [9.17, 15) is 33.0 Å². The molecule has 1 aliphatic carbocycles. The van der Waals surface area contributed by atoms with E-state index in [1.165, 1.54) is 17.7 Å². The van der Waals surface area contributed by atoms with Crippen molar-refractivity contribution in [1.82, 2.24) is 5.32 Å². The van der Waals surface area contributed by atoms with Gasteiger partial charge in [0.05, 0.1) is 35.0 Å². The van der Waals surface area contributed by atoms with Crippen molar-refractivity contribution in [2.45, 2.75) is 121 Å². The van der Waals surface area contributed by atoms with Crippen LogP contribution in [0.5, 0.6) is 0 Å². The molecule has 332 valence electrons. The number of anilines is 2. The van der Waals surface area contributed by atoms with Crippen LogP contribution in [0.25, 0.3) is 0 Å². The molecule has 2 heterocycles. The third-order valence-electron chi connectivity index (χ3n) is 11.0. The monoisotopic (exact) mass is 879 g/mol. The molecule has 5 atom stereocenters. The van der Waals surface area contributed by atoms with Gasteiger partial charge in [-0.05, 0) is 62.4 Å². The van der Waals surface area contributed by atoms with Gasteiger partial charge in [-0.3, -0.25) is 24.3 Å². The van der Waals surface area contributed by atoms with Gasteiger partial charge in [-0.2, -0.15) is 0 Å². The summed E-state index contributed by atoms with van der Waals surface area (Å²) in [4.78, 5) is 41.2. The van der Waals surface area contributed by atoms with Crippen LogP contribution >= 0.6 is 11.6 Å². The van der Waals surface area contributed by atoms with Gasteiger partial charge in [0.1, 0.15) is 22.7 Å². The largest absolute Gasteiger partial charge is 0.481 e. The summed E-state index contributed by atoms with van der Waals surface area (Å²) in [5.74, 6) is -0.223. The second-order valence-electron chi connectivity index (χ2n) is 15.8. The first-order valence-electron chi connectivity index (χ1n) is 21.2. The van der Waals surface area contributed by atoms with Crippen molar-refractivity contribution in [3.63, 3.8) is 0 Å². The first-order valence-corrected chi connectivity index (χ1v) is 23.1. The molecule has 0 aromatic heterocycles. The normalized spacial score (nSPS) is 20.1. The Morgan fingerprint density at radius 1 is 1.03 bits per heavy atom. The van der Waals surface area contributed by atoms with Crippen LogP contribution in [0.3, 0.4) is 0 Å². The molecule has 0 spiro atoms. The smallest absolute Gasteiger partial charge is 0.303 e. The summed E-state index contributed by atoms with van der Waals surface area (Å²) >= 11 is 6.00. The van der Waals surface area contributed by atoms with E-state index < -0.39 is 28.2 Å². The number of aliphatic imine (C=N–C) groups is 1. The molecule has 7 N–H and O–H groups in total. The van der Waals surface area contributed by atoms with Gasteiger partial charge in [0.15, 0.2) is 0 Å². The van der Waals surface area contributed by atoms with E-state index in [4.69, 9.17) is 21.8 Å². The Balaban J connectivity index is 0.000000213. The summed E-state index contributed by atoms with van der Waals surface area (Å²) in [6.07, 6.45) is 11.4. The molecule has 1 saturated carbocycles. The van der Waals surface area contributed by atoms with Gasteiger partial charge in [-0.1, -0.05) is 118 Å². The average Bonchev–Trinajstić information content (AvgIpc) is 3.82. The summed E-state index contributed by atoms with van der Waals surface area (Å²) in [6, 6.07) is 20.5. The number of amides is 1. The van der Waals surface area contributed by atoms with Crippen LogP contribution in [0, 0.1) is 18.8 Å². The van der Waals surface area contributed by atoms with Gasteiger partial charge >= 0.3 is 5.97 Å². The molecule has 0 radical (unpaired) electrons. The molecular weight excluding hydrogens is 818 g/mol. The van der Waals surface area contributed by atoms with Gasteiger partial charge in [-0.25, -0.2) is 13.6 Å². The van der Waals surface area contributed by atoms with Crippen molar-refractivity contribution < 1.29 is 38.1 Å². The number of aliphatic hydroxyl groups is 2. The predicted molar refractivity (Wildman–Crippen MR) is 242 cm³/mol. The number of nitrogens with two attached hydrogens (primary N) is 1. The first kappa shape index (κ1) is 49.1. The lowest BCUT2D eigenvalue weighted by atomic mass is 9.88. The minimum atomic E-state index is -4.02. The zero-order valence-corrected chi connectivity index (χ0v) is 37.0. The van der Waals surface area contributed by atoms with Gasteiger partial charge in [0.2, 0.25) is 10.0 Å². The number of sulfonamides is 1. The van der Waals surface area contributed by atoms with Crippen molar-refractivity contribution in [2.24, 2.45) is 22.0 Å². The second kappa shape index (κ2) is 24.1. The van der Waals surface area contributed by atoms with Crippen molar-refractivity contribution in [3.8, 4) is 0 Å². The van der Waals surface area contributed by atoms with Crippen LogP contribution in [-0.2, 0) is 26.0 Å². The molecule has 6 rings (SSSR count). The molecule has 1 amide bonds. The molecule has 15 heteroatoms. The maximum atomic E-state index is 13.0. The molecule has 13 nitrogen and oxygen atoms in total. The zero-order chi connectivity index (χ0) is 44.5. The minimum absolute atomic E-state index is 0.0203. The number of primary sulfonamides is 1. The maximum absolute atomic E-state index is 13.0. The van der Waals surface area contributed by atoms with Crippen LogP contribution in [-0.4, -0.2) is 78.7 Å². The van der Waals surface area contributed by atoms with Gasteiger partial charge in [-0.15, -0.1) is 0 Å². The van der Waals surface area contributed by atoms with Crippen LogP contribution in [0.15, 0.2) is 88.8 Å². The number of benzene rings is 3. The van der Waals surface area contributed by atoms with E-state index in [1.807, 2.05) is 50.3 Å².